The van der Waals surface area contributed by atoms with E-state index in [4.69, 9.17) is 0 Å². The molecule has 0 aliphatic rings. The summed E-state index contributed by atoms with van der Waals surface area (Å²) in [6.45, 7) is 12.1. The van der Waals surface area contributed by atoms with Crippen LogP contribution in [0.5, 0.6) is 0 Å². The molecule has 3 nitrogen and oxygen atoms in total. The number of nitrogens with one attached hydrogen (secondary N) is 1. The first-order chi connectivity index (χ1) is 9.17. The van der Waals surface area contributed by atoms with E-state index in [1.54, 1.807) is 0 Å². The summed E-state index contributed by atoms with van der Waals surface area (Å²) in [6.07, 6.45) is 7.03. The highest BCUT2D eigenvalue weighted by molar-refractivity contribution is 7.15. The van der Waals surface area contributed by atoms with E-state index in [-0.39, 0.29) is 0 Å². The van der Waals surface area contributed by atoms with Crippen molar-refractivity contribution in [3.05, 3.63) is 11.1 Å². The molecule has 0 aromatic carbocycles. The van der Waals surface area contributed by atoms with Gasteiger partial charge in [0.1, 0.15) is 0 Å². The molecule has 1 heterocycles. The molecule has 0 amide bonds. The Morgan fingerprint density at radius 3 is 2.37 bits per heavy atom. The van der Waals surface area contributed by atoms with Crippen LogP contribution in [0.25, 0.3) is 0 Å². The van der Waals surface area contributed by atoms with E-state index in [0.717, 1.165) is 19.6 Å². The number of aromatic nitrogens is 1. The summed E-state index contributed by atoms with van der Waals surface area (Å²) in [6, 6.07) is 0.529. The Balaban J connectivity index is 2.56. The van der Waals surface area contributed by atoms with Gasteiger partial charge in [-0.25, -0.2) is 4.98 Å². The Morgan fingerprint density at radius 1 is 1.21 bits per heavy atom. The zero-order chi connectivity index (χ0) is 14.1. The SMILES string of the molecule is CCCCN(CCCC)c1ncc(CNC(C)C)s1. The summed E-state index contributed by atoms with van der Waals surface area (Å²) in [5, 5.41) is 4.65. The van der Waals surface area contributed by atoms with Crippen LogP contribution in [0.15, 0.2) is 6.20 Å². The fourth-order valence-corrected chi connectivity index (χ4v) is 2.74. The van der Waals surface area contributed by atoms with Crippen molar-refractivity contribution in [2.75, 3.05) is 18.0 Å². The van der Waals surface area contributed by atoms with Gasteiger partial charge in [0.15, 0.2) is 5.13 Å². The van der Waals surface area contributed by atoms with E-state index in [1.165, 1.54) is 35.7 Å². The van der Waals surface area contributed by atoms with Gasteiger partial charge in [0.25, 0.3) is 0 Å². The molecule has 0 radical (unpaired) electrons. The third-order valence-corrected chi connectivity index (χ3v) is 4.12. The summed E-state index contributed by atoms with van der Waals surface area (Å²) < 4.78 is 0. The first-order valence-electron chi connectivity index (χ1n) is 7.60. The highest BCUT2D eigenvalue weighted by Gasteiger charge is 2.10. The minimum Gasteiger partial charge on any atom is -0.348 e. The zero-order valence-electron chi connectivity index (χ0n) is 12.9. The van der Waals surface area contributed by atoms with Crippen LogP contribution in [0.1, 0.15) is 58.3 Å². The fraction of sp³-hybridized carbons (Fsp3) is 0.800. The number of hydrogen-bond acceptors (Lipinski definition) is 4. The molecule has 0 saturated carbocycles. The lowest BCUT2D eigenvalue weighted by Gasteiger charge is -2.21. The minimum atomic E-state index is 0.529. The largest absolute Gasteiger partial charge is 0.348 e. The van der Waals surface area contributed by atoms with Crippen LogP contribution in [0.2, 0.25) is 0 Å². The molecular weight excluding hydrogens is 254 g/mol. The van der Waals surface area contributed by atoms with Gasteiger partial charge in [-0.05, 0) is 12.8 Å². The van der Waals surface area contributed by atoms with Crippen LogP contribution in [0.3, 0.4) is 0 Å². The van der Waals surface area contributed by atoms with Crippen LogP contribution in [0, 0.1) is 0 Å². The molecule has 0 aliphatic heterocycles. The average molecular weight is 283 g/mol. The molecule has 0 unspecified atom stereocenters. The molecule has 0 saturated heterocycles. The van der Waals surface area contributed by atoms with Crippen molar-refractivity contribution in [1.82, 2.24) is 10.3 Å². The standard InChI is InChI=1S/C15H29N3S/c1-5-7-9-18(10-8-6-2)15-17-12-14(19-15)11-16-13(3)4/h12-13,16H,5-11H2,1-4H3. The third kappa shape index (κ3) is 6.39. The Hall–Kier alpha value is -0.610. The van der Waals surface area contributed by atoms with Crippen molar-refractivity contribution in [2.45, 2.75) is 66.0 Å². The van der Waals surface area contributed by atoms with E-state index < -0.39 is 0 Å². The van der Waals surface area contributed by atoms with Crippen molar-refractivity contribution in [2.24, 2.45) is 0 Å². The van der Waals surface area contributed by atoms with Crippen molar-refractivity contribution in [3.8, 4) is 0 Å². The first kappa shape index (κ1) is 16.4. The van der Waals surface area contributed by atoms with Crippen molar-refractivity contribution in [3.63, 3.8) is 0 Å². The summed E-state index contributed by atoms with van der Waals surface area (Å²) in [5.74, 6) is 0. The molecule has 110 valence electrons. The Kier molecular flexibility index (Phi) is 8.07. The molecule has 1 N–H and O–H groups in total. The van der Waals surface area contributed by atoms with Gasteiger partial charge >= 0.3 is 0 Å². The highest BCUT2D eigenvalue weighted by Crippen LogP contribution is 2.23. The molecule has 0 spiro atoms. The lowest BCUT2D eigenvalue weighted by atomic mass is 10.3. The van der Waals surface area contributed by atoms with Gasteiger partial charge in [0, 0.05) is 36.8 Å². The molecule has 1 aromatic rings. The zero-order valence-corrected chi connectivity index (χ0v) is 13.7. The fourth-order valence-electron chi connectivity index (χ4n) is 1.83. The summed E-state index contributed by atoms with van der Waals surface area (Å²) >= 11 is 1.84. The van der Waals surface area contributed by atoms with E-state index in [9.17, 15) is 0 Å². The average Bonchev–Trinajstić information content (AvgIpc) is 2.85. The maximum absolute atomic E-state index is 4.60. The molecule has 0 bridgehead atoms. The molecule has 0 aliphatic carbocycles. The number of hydrogen-bond donors (Lipinski definition) is 1. The Labute approximate surface area is 122 Å². The van der Waals surface area contributed by atoms with Gasteiger partial charge in [-0.3, -0.25) is 0 Å². The number of anilines is 1. The predicted octanol–water partition coefficient (Wildman–Crippen LogP) is 4.05. The maximum Gasteiger partial charge on any atom is 0.185 e. The van der Waals surface area contributed by atoms with E-state index in [1.807, 2.05) is 17.5 Å². The minimum absolute atomic E-state index is 0.529. The van der Waals surface area contributed by atoms with Crippen molar-refractivity contribution >= 4 is 16.5 Å². The van der Waals surface area contributed by atoms with Crippen molar-refractivity contribution < 1.29 is 0 Å². The molecule has 0 atom stereocenters. The van der Waals surface area contributed by atoms with Crippen molar-refractivity contribution in [1.29, 1.82) is 0 Å². The van der Waals surface area contributed by atoms with Gasteiger partial charge in [-0.2, -0.15) is 0 Å². The summed E-state index contributed by atoms with van der Waals surface area (Å²) in [7, 11) is 0. The topological polar surface area (TPSA) is 28.2 Å². The lowest BCUT2D eigenvalue weighted by molar-refractivity contribution is 0.593. The molecule has 19 heavy (non-hydrogen) atoms. The van der Waals surface area contributed by atoms with Crippen LogP contribution in [-0.4, -0.2) is 24.1 Å². The van der Waals surface area contributed by atoms with Crippen LogP contribution in [-0.2, 0) is 6.54 Å². The quantitative estimate of drug-likeness (QED) is 0.702. The van der Waals surface area contributed by atoms with Gasteiger partial charge in [0.05, 0.1) is 0 Å². The molecule has 1 rings (SSSR count). The van der Waals surface area contributed by atoms with Crippen LogP contribution in [0.4, 0.5) is 5.13 Å². The molecule has 1 aromatic heterocycles. The lowest BCUT2D eigenvalue weighted by Crippen LogP contribution is -2.25. The van der Waals surface area contributed by atoms with Gasteiger partial charge in [0.2, 0.25) is 0 Å². The summed E-state index contributed by atoms with van der Waals surface area (Å²) in [5.41, 5.74) is 0. The number of nitrogens with zero attached hydrogens (tertiary/aromatic N) is 2. The second-order valence-corrected chi connectivity index (χ2v) is 6.43. The van der Waals surface area contributed by atoms with E-state index >= 15 is 0 Å². The van der Waals surface area contributed by atoms with E-state index in [0.29, 0.717) is 6.04 Å². The molecule has 0 fully saturated rings. The van der Waals surface area contributed by atoms with E-state index in [2.05, 4.69) is 42.9 Å². The Bertz CT molecular complexity index is 328. The van der Waals surface area contributed by atoms with Gasteiger partial charge in [-0.15, -0.1) is 11.3 Å². The molecular formula is C15H29N3S. The smallest absolute Gasteiger partial charge is 0.185 e. The maximum atomic E-state index is 4.60. The monoisotopic (exact) mass is 283 g/mol. The normalized spacial score (nSPS) is 11.2. The first-order valence-corrected chi connectivity index (χ1v) is 8.42. The van der Waals surface area contributed by atoms with Gasteiger partial charge in [-0.1, -0.05) is 40.5 Å². The van der Waals surface area contributed by atoms with Crippen LogP contribution < -0.4 is 10.2 Å². The second-order valence-electron chi connectivity index (χ2n) is 5.34. The van der Waals surface area contributed by atoms with Gasteiger partial charge < -0.3 is 10.2 Å². The third-order valence-electron chi connectivity index (χ3n) is 3.06. The van der Waals surface area contributed by atoms with Crippen LogP contribution >= 0.6 is 11.3 Å². The summed E-state index contributed by atoms with van der Waals surface area (Å²) in [4.78, 5) is 8.39. The Morgan fingerprint density at radius 2 is 1.84 bits per heavy atom. The number of thiazole rings is 1. The second kappa shape index (κ2) is 9.32. The number of unbranched alkanes of at least 4 members (excludes halogenated alkanes) is 2. The highest BCUT2D eigenvalue weighted by atomic mass is 32.1. The number of rotatable bonds is 10. The molecule has 4 heteroatoms. The predicted molar refractivity (Wildman–Crippen MR) is 86.1 cm³/mol.